The van der Waals surface area contributed by atoms with E-state index < -0.39 is 11.9 Å². The summed E-state index contributed by atoms with van der Waals surface area (Å²) >= 11 is 0. The summed E-state index contributed by atoms with van der Waals surface area (Å²) in [5.74, 6) is -0.646. The molecule has 82 valence electrons. The van der Waals surface area contributed by atoms with Gasteiger partial charge < -0.3 is 4.74 Å². The standard InChI is InChI=1S/C12H16O3/c13-11-8-10(12(14)15-11)9-6-4-2-1-3-5-7-9/h8-9H,1-7H2. The van der Waals surface area contributed by atoms with E-state index in [9.17, 15) is 9.59 Å². The number of rotatable bonds is 1. The van der Waals surface area contributed by atoms with E-state index in [1.54, 1.807) is 0 Å². The van der Waals surface area contributed by atoms with Gasteiger partial charge in [0, 0.05) is 11.6 Å². The zero-order valence-electron chi connectivity index (χ0n) is 8.83. The van der Waals surface area contributed by atoms with E-state index in [2.05, 4.69) is 4.74 Å². The fraction of sp³-hybridized carbons (Fsp3) is 0.667. The second-order valence-corrected chi connectivity index (χ2v) is 4.35. The van der Waals surface area contributed by atoms with Crippen molar-refractivity contribution in [2.75, 3.05) is 0 Å². The van der Waals surface area contributed by atoms with Crippen LogP contribution in [0.15, 0.2) is 11.6 Å². The summed E-state index contributed by atoms with van der Waals surface area (Å²) in [6.45, 7) is 0. The van der Waals surface area contributed by atoms with E-state index in [1.165, 1.54) is 25.3 Å². The zero-order valence-corrected chi connectivity index (χ0v) is 8.83. The Morgan fingerprint density at radius 2 is 1.60 bits per heavy atom. The van der Waals surface area contributed by atoms with Gasteiger partial charge in [-0.2, -0.15) is 0 Å². The molecule has 3 heteroatoms. The van der Waals surface area contributed by atoms with Crippen LogP contribution in [0.3, 0.4) is 0 Å². The predicted molar refractivity (Wildman–Crippen MR) is 55.0 cm³/mol. The van der Waals surface area contributed by atoms with Gasteiger partial charge in [-0.3, -0.25) is 0 Å². The van der Waals surface area contributed by atoms with E-state index in [1.807, 2.05) is 0 Å². The van der Waals surface area contributed by atoms with Crippen molar-refractivity contribution in [2.45, 2.75) is 44.9 Å². The van der Waals surface area contributed by atoms with Crippen LogP contribution in [0.5, 0.6) is 0 Å². The lowest BCUT2D eigenvalue weighted by Crippen LogP contribution is -2.12. The van der Waals surface area contributed by atoms with Gasteiger partial charge in [0.15, 0.2) is 0 Å². The summed E-state index contributed by atoms with van der Waals surface area (Å²) in [6.07, 6.45) is 9.53. The molecule has 0 bridgehead atoms. The predicted octanol–water partition coefficient (Wildman–Crippen LogP) is 2.36. The fourth-order valence-corrected chi connectivity index (χ4v) is 2.42. The normalized spacial score (nSPS) is 24.4. The Labute approximate surface area is 89.5 Å². The molecule has 1 aliphatic carbocycles. The molecule has 0 unspecified atom stereocenters. The van der Waals surface area contributed by atoms with Gasteiger partial charge in [-0.1, -0.05) is 32.1 Å². The number of carbonyl (C=O) groups excluding carboxylic acids is 2. The SMILES string of the molecule is O=C1C=C(C2CCCCCCC2)C(=O)O1. The lowest BCUT2D eigenvalue weighted by atomic mass is 9.86. The highest BCUT2D eigenvalue weighted by molar-refractivity contribution is 6.09. The van der Waals surface area contributed by atoms with Crippen LogP contribution in [0, 0.1) is 5.92 Å². The smallest absolute Gasteiger partial charge is 0.342 e. The highest BCUT2D eigenvalue weighted by Gasteiger charge is 2.30. The first-order valence-electron chi connectivity index (χ1n) is 5.75. The number of cyclic esters (lactones) is 2. The molecule has 2 aliphatic rings. The van der Waals surface area contributed by atoms with Gasteiger partial charge >= 0.3 is 11.9 Å². The van der Waals surface area contributed by atoms with E-state index >= 15 is 0 Å². The van der Waals surface area contributed by atoms with Gasteiger partial charge in [0.1, 0.15) is 0 Å². The molecule has 0 aromatic heterocycles. The fourth-order valence-electron chi connectivity index (χ4n) is 2.42. The number of hydrogen-bond donors (Lipinski definition) is 0. The lowest BCUT2D eigenvalue weighted by Gasteiger charge is -2.18. The number of hydrogen-bond acceptors (Lipinski definition) is 3. The molecule has 0 aromatic carbocycles. The van der Waals surface area contributed by atoms with Crippen molar-refractivity contribution in [3.63, 3.8) is 0 Å². The van der Waals surface area contributed by atoms with Crippen molar-refractivity contribution in [1.82, 2.24) is 0 Å². The monoisotopic (exact) mass is 208 g/mol. The summed E-state index contributed by atoms with van der Waals surface area (Å²) in [7, 11) is 0. The Bertz CT molecular complexity index is 296. The maximum absolute atomic E-state index is 11.4. The third-order valence-corrected chi connectivity index (χ3v) is 3.25. The first-order chi connectivity index (χ1) is 7.27. The molecular weight excluding hydrogens is 192 g/mol. The summed E-state index contributed by atoms with van der Waals surface area (Å²) in [5.41, 5.74) is 0.613. The minimum absolute atomic E-state index is 0.254. The highest BCUT2D eigenvalue weighted by Crippen LogP contribution is 2.30. The van der Waals surface area contributed by atoms with Crippen LogP contribution in [-0.4, -0.2) is 11.9 Å². The average Bonchev–Trinajstić information content (AvgIpc) is 2.45. The highest BCUT2D eigenvalue weighted by atomic mass is 16.6. The number of carbonyl (C=O) groups is 2. The molecule has 0 radical (unpaired) electrons. The third-order valence-electron chi connectivity index (χ3n) is 3.25. The minimum atomic E-state index is -0.489. The molecule has 0 saturated heterocycles. The average molecular weight is 208 g/mol. The van der Waals surface area contributed by atoms with E-state index in [4.69, 9.17) is 0 Å². The molecule has 2 rings (SSSR count). The largest absolute Gasteiger partial charge is 0.386 e. The van der Waals surface area contributed by atoms with Crippen LogP contribution in [0.25, 0.3) is 0 Å². The number of ether oxygens (including phenoxy) is 1. The van der Waals surface area contributed by atoms with Crippen LogP contribution in [0.4, 0.5) is 0 Å². The first kappa shape index (κ1) is 10.4. The maximum atomic E-state index is 11.4. The number of esters is 2. The van der Waals surface area contributed by atoms with Crippen molar-refractivity contribution in [3.8, 4) is 0 Å². The Morgan fingerprint density at radius 1 is 1.00 bits per heavy atom. The summed E-state index contributed by atoms with van der Waals surface area (Å²) < 4.78 is 4.53. The van der Waals surface area contributed by atoms with Gasteiger partial charge in [-0.25, -0.2) is 9.59 Å². The van der Waals surface area contributed by atoms with Gasteiger partial charge in [0.25, 0.3) is 0 Å². The Kier molecular flexibility index (Phi) is 3.19. The van der Waals surface area contributed by atoms with E-state index in [0.717, 1.165) is 25.7 Å². The Balaban J connectivity index is 2.04. The van der Waals surface area contributed by atoms with Crippen LogP contribution < -0.4 is 0 Å². The van der Waals surface area contributed by atoms with Crippen molar-refractivity contribution in [2.24, 2.45) is 5.92 Å². The lowest BCUT2D eigenvalue weighted by molar-refractivity contribution is -0.150. The van der Waals surface area contributed by atoms with Gasteiger partial charge in [-0.05, 0) is 18.8 Å². The van der Waals surface area contributed by atoms with Crippen LogP contribution in [0.2, 0.25) is 0 Å². The van der Waals surface area contributed by atoms with Crippen LogP contribution in [0.1, 0.15) is 44.9 Å². The molecule has 0 aromatic rings. The molecule has 0 spiro atoms. The molecule has 1 aliphatic heterocycles. The van der Waals surface area contributed by atoms with Crippen LogP contribution in [-0.2, 0) is 14.3 Å². The third kappa shape index (κ3) is 2.46. The summed E-state index contributed by atoms with van der Waals surface area (Å²) in [6, 6.07) is 0. The Morgan fingerprint density at radius 3 is 2.13 bits per heavy atom. The summed E-state index contributed by atoms with van der Waals surface area (Å²) in [4.78, 5) is 22.3. The quantitative estimate of drug-likeness (QED) is 0.490. The molecule has 1 fully saturated rings. The topological polar surface area (TPSA) is 43.4 Å². The van der Waals surface area contributed by atoms with Gasteiger partial charge in [-0.15, -0.1) is 0 Å². The minimum Gasteiger partial charge on any atom is -0.386 e. The van der Waals surface area contributed by atoms with Crippen molar-refractivity contribution < 1.29 is 14.3 Å². The molecule has 0 atom stereocenters. The van der Waals surface area contributed by atoms with Gasteiger partial charge in [0.05, 0.1) is 0 Å². The van der Waals surface area contributed by atoms with E-state index in [0.29, 0.717) is 5.57 Å². The molecule has 15 heavy (non-hydrogen) atoms. The van der Waals surface area contributed by atoms with Crippen molar-refractivity contribution in [1.29, 1.82) is 0 Å². The molecular formula is C12H16O3. The first-order valence-corrected chi connectivity index (χ1v) is 5.75. The van der Waals surface area contributed by atoms with Gasteiger partial charge in [0.2, 0.25) is 0 Å². The Hall–Kier alpha value is -1.12. The van der Waals surface area contributed by atoms with Crippen molar-refractivity contribution in [3.05, 3.63) is 11.6 Å². The molecule has 1 heterocycles. The zero-order chi connectivity index (χ0) is 10.7. The molecule has 0 N–H and O–H groups in total. The molecule has 0 amide bonds. The molecule has 3 nitrogen and oxygen atoms in total. The molecule has 1 saturated carbocycles. The second-order valence-electron chi connectivity index (χ2n) is 4.35. The van der Waals surface area contributed by atoms with Crippen molar-refractivity contribution >= 4 is 11.9 Å². The summed E-state index contributed by atoms with van der Waals surface area (Å²) in [5, 5.41) is 0. The maximum Gasteiger partial charge on any atom is 0.342 e. The second kappa shape index (κ2) is 4.60. The van der Waals surface area contributed by atoms with E-state index in [-0.39, 0.29) is 5.92 Å². The van der Waals surface area contributed by atoms with Crippen LogP contribution >= 0.6 is 0 Å².